The van der Waals surface area contributed by atoms with Crippen molar-refractivity contribution in [2.24, 2.45) is 0 Å². The molecule has 2 rings (SSSR count). The number of aliphatic hydroxyl groups is 1. The van der Waals surface area contributed by atoms with E-state index in [1.165, 1.54) is 0 Å². The topological polar surface area (TPSA) is 64.1 Å². The lowest BCUT2D eigenvalue weighted by Gasteiger charge is -2.12. The van der Waals surface area contributed by atoms with Gasteiger partial charge in [0.25, 0.3) is 0 Å². The van der Waals surface area contributed by atoms with Crippen LogP contribution >= 0.6 is 0 Å². The molecule has 0 aliphatic carbocycles. The molecule has 0 saturated heterocycles. The zero-order valence-corrected chi connectivity index (χ0v) is 11.1. The first-order valence-electron chi connectivity index (χ1n) is 6.07. The van der Waals surface area contributed by atoms with E-state index in [0.29, 0.717) is 13.0 Å². The third-order valence-electron chi connectivity index (χ3n) is 2.71. The Morgan fingerprint density at radius 1 is 1.39 bits per heavy atom. The molecule has 0 bridgehead atoms. The lowest BCUT2D eigenvalue weighted by atomic mass is 9.93. The van der Waals surface area contributed by atoms with Crippen LogP contribution in [0.1, 0.15) is 37.8 Å². The van der Waals surface area contributed by atoms with Crippen LogP contribution in [0, 0.1) is 0 Å². The fourth-order valence-electron chi connectivity index (χ4n) is 1.66. The van der Waals surface area contributed by atoms with Crippen LogP contribution < -0.4 is 0 Å². The van der Waals surface area contributed by atoms with Crippen molar-refractivity contribution in [3.8, 4) is 0 Å². The van der Waals surface area contributed by atoms with E-state index in [9.17, 15) is 0 Å². The molecule has 0 radical (unpaired) electrons. The van der Waals surface area contributed by atoms with Gasteiger partial charge in [0.15, 0.2) is 0 Å². The maximum absolute atomic E-state index is 8.85. The molecule has 5 nitrogen and oxygen atoms in total. The zero-order chi connectivity index (χ0) is 13.2. The number of hydrogen-bond donors (Lipinski definition) is 1. The summed E-state index contributed by atoms with van der Waals surface area (Å²) in [4.78, 5) is 0. The molecule has 0 atom stereocenters. The van der Waals surface area contributed by atoms with Gasteiger partial charge in [-0.1, -0.05) is 25.9 Å². The molecule has 2 heterocycles. The normalized spacial score (nSPS) is 12.0. The molecule has 5 heteroatoms. The standard InChI is InChI=1S/C13H19N3O2/c1-13(2,3)12-6-11(15-18-12)9-16-8-10(4-5-17)7-14-16/h6-8,17H,4-5,9H2,1-3H3. The molecular formula is C13H19N3O2. The van der Waals surface area contributed by atoms with Gasteiger partial charge in [0.1, 0.15) is 11.5 Å². The minimum absolute atomic E-state index is 0.0303. The van der Waals surface area contributed by atoms with Crippen molar-refractivity contribution in [2.75, 3.05) is 6.61 Å². The van der Waals surface area contributed by atoms with Gasteiger partial charge < -0.3 is 9.63 Å². The molecule has 18 heavy (non-hydrogen) atoms. The highest BCUT2D eigenvalue weighted by atomic mass is 16.5. The highest BCUT2D eigenvalue weighted by Gasteiger charge is 2.19. The number of hydrogen-bond acceptors (Lipinski definition) is 4. The van der Waals surface area contributed by atoms with Crippen molar-refractivity contribution < 1.29 is 9.63 Å². The Hall–Kier alpha value is -1.62. The quantitative estimate of drug-likeness (QED) is 0.896. The van der Waals surface area contributed by atoms with E-state index in [0.717, 1.165) is 17.0 Å². The van der Waals surface area contributed by atoms with Gasteiger partial charge >= 0.3 is 0 Å². The van der Waals surface area contributed by atoms with Crippen molar-refractivity contribution >= 4 is 0 Å². The molecule has 2 aromatic heterocycles. The summed E-state index contributed by atoms with van der Waals surface area (Å²) in [5.74, 6) is 0.875. The van der Waals surface area contributed by atoms with Gasteiger partial charge in [0.2, 0.25) is 0 Å². The van der Waals surface area contributed by atoms with Gasteiger partial charge in [-0.15, -0.1) is 0 Å². The first-order chi connectivity index (χ1) is 8.49. The Morgan fingerprint density at radius 3 is 2.78 bits per heavy atom. The Kier molecular flexibility index (Phi) is 3.52. The summed E-state index contributed by atoms with van der Waals surface area (Å²) in [6.07, 6.45) is 4.31. The van der Waals surface area contributed by atoms with E-state index in [-0.39, 0.29) is 12.0 Å². The average Bonchev–Trinajstić information content (AvgIpc) is 2.88. The van der Waals surface area contributed by atoms with Gasteiger partial charge in [-0.25, -0.2) is 0 Å². The molecule has 98 valence electrons. The lowest BCUT2D eigenvalue weighted by Crippen LogP contribution is -2.09. The van der Waals surface area contributed by atoms with Crippen molar-refractivity contribution in [1.82, 2.24) is 14.9 Å². The zero-order valence-electron chi connectivity index (χ0n) is 11.1. The Morgan fingerprint density at radius 2 is 2.17 bits per heavy atom. The van der Waals surface area contributed by atoms with Gasteiger partial charge in [-0.05, 0) is 12.0 Å². The molecule has 0 saturated carbocycles. The molecule has 1 N–H and O–H groups in total. The summed E-state index contributed by atoms with van der Waals surface area (Å²) >= 11 is 0. The second-order valence-corrected chi connectivity index (χ2v) is 5.45. The summed E-state index contributed by atoms with van der Waals surface area (Å²) < 4.78 is 7.13. The summed E-state index contributed by atoms with van der Waals surface area (Å²) in [5.41, 5.74) is 1.85. The van der Waals surface area contributed by atoms with Gasteiger partial charge in [0.05, 0.1) is 12.7 Å². The third kappa shape index (κ3) is 2.98. The third-order valence-corrected chi connectivity index (χ3v) is 2.71. The molecule has 0 fully saturated rings. The SMILES string of the molecule is CC(C)(C)c1cc(Cn2cc(CCO)cn2)no1. The van der Waals surface area contributed by atoms with Gasteiger partial charge in [-0.2, -0.15) is 5.10 Å². The molecule has 2 aromatic rings. The molecule has 0 aromatic carbocycles. The van der Waals surface area contributed by atoms with Gasteiger partial charge in [-0.3, -0.25) is 4.68 Å². The predicted octanol–water partition coefficient (Wildman–Crippen LogP) is 1.75. The van der Waals surface area contributed by atoms with Crippen LogP contribution in [-0.2, 0) is 18.4 Å². The Bertz CT molecular complexity index is 508. The predicted molar refractivity (Wildman–Crippen MR) is 67.3 cm³/mol. The minimum atomic E-state index is -0.0303. The van der Waals surface area contributed by atoms with Crippen LogP contribution in [0.4, 0.5) is 0 Å². The molecule has 0 spiro atoms. The molecule has 0 unspecified atom stereocenters. The van der Waals surface area contributed by atoms with Crippen molar-refractivity contribution in [2.45, 2.75) is 39.2 Å². The fraction of sp³-hybridized carbons (Fsp3) is 0.538. The van der Waals surface area contributed by atoms with Crippen LogP contribution in [0.25, 0.3) is 0 Å². The van der Waals surface area contributed by atoms with E-state index in [2.05, 4.69) is 31.0 Å². The molecule has 0 aliphatic rings. The fourth-order valence-corrected chi connectivity index (χ4v) is 1.66. The van der Waals surface area contributed by atoms with Crippen molar-refractivity contribution in [3.05, 3.63) is 35.5 Å². The van der Waals surface area contributed by atoms with E-state index in [4.69, 9.17) is 9.63 Å². The maximum atomic E-state index is 8.85. The van der Waals surface area contributed by atoms with E-state index < -0.39 is 0 Å². The lowest BCUT2D eigenvalue weighted by molar-refractivity contribution is 0.299. The Balaban J connectivity index is 2.06. The maximum Gasteiger partial charge on any atom is 0.142 e. The molecule has 0 amide bonds. The number of nitrogens with zero attached hydrogens (tertiary/aromatic N) is 3. The first kappa shape index (κ1) is 12.8. The summed E-state index contributed by atoms with van der Waals surface area (Å²) in [7, 11) is 0. The summed E-state index contributed by atoms with van der Waals surface area (Å²) in [5, 5.41) is 17.1. The second-order valence-electron chi connectivity index (χ2n) is 5.45. The average molecular weight is 249 g/mol. The van der Waals surface area contributed by atoms with Crippen LogP contribution in [0.2, 0.25) is 0 Å². The van der Waals surface area contributed by atoms with E-state index in [1.807, 2.05) is 12.3 Å². The van der Waals surface area contributed by atoms with E-state index in [1.54, 1.807) is 10.9 Å². The first-order valence-corrected chi connectivity index (χ1v) is 6.07. The largest absolute Gasteiger partial charge is 0.396 e. The number of rotatable bonds is 4. The molecule has 0 aliphatic heterocycles. The summed E-state index contributed by atoms with van der Waals surface area (Å²) in [6, 6.07) is 1.97. The van der Waals surface area contributed by atoms with Crippen LogP contribution in [0.5, 0.6) is 0 Å². The van der Waals surface area contributed by atoms with Gasteiger partial charge in [0, 0.05) is 24.3 Å². The number of aromatic nitrogens is 3. The summed E-state index contributed by atoms with van der Waals surface area (Å²) in [6.45, 7) is 6.99. The monoisotopic (exact) mass is 249 g/mol. The van der Waals surface area contributed by atoms with Crippen LogP contribution in [0.15, 0.2) is 23.0 Å². The van der Waals surface area contributed by atoms with Crippen molar-refractivity contribution in [3.63, 3.8) is 0 Å². The Labute approximate surface area is 106 Å². The highest BCUT2D eigenvalue weighted by molar-refractivity contribution is 5.14. The van der Waals surface area contributed by atoms with Crippen LogP contribution in [0.3, 0.4) is 0 Å². The number of aliphatic hydroxyl groups excluding tert-OH is 1. The molecular weight excluding hydrogens is 230 g/mol. The smallest absolute Gasteiger partial charge is 0.142 e. The highest BCUT2D eigenvalue weighted by Crippen LogP contribution is 2.22. The van der Waals surface area contributed by atoms with E-state index >= 15 is 0 Å². The minimum Gasteiger partial charge on any atom is -0.396 e. The second kappa shape index (κ2) is 4.94. The van der Waals surface area contributed by atoms with Crippen molar-refractivity contribution in [1.29, 1.82) is 0 Å². The van der Waals surface area contributed by atoms with Crippen LogP contribution in [-0.4, -0.2) is 26.7 Å².